The van der Waals surface area contributed by atoms with E-state index in [1.54, 1.807) is 0 Å². The minimum Gasteiger partial charge on any atom is -0.374 e. The number of rotatable bonds is 3. The molecule has 0 aromatic rings. The molecule has 2 saturated heterocycles. The molecular formula is C12H23N3O2. The standard InChI is InChI=1S/C12H23N3O2/c1-9-2-3-10(12(13)16)7-15(9)8-11-6-14-4-5-17-11/h9-11,14H,2-8H2,1H3,(H2,13,16). The molecule has 0 aromatic carbocycles. The number of nitrogens with two attached hydrogens (primary N) is 1. The van der Waals surface area contributed by atoms with Gasteiger partial charge in [-0.3, -0.25) is 9.69 Å². The number of amides is 1. The molecule has 0 radical (unpaired) electrons. The molecule has 0 aliphatic carbocycles. The minimum atomic E-state index is -0.162. The van der Waals surface area contributed by atoms with Crippen LogP contribution < -0.4 is 11.1 Å². The monoisotopic (exact) mass is 241 g/mol. The van der Waals surface area contributed by atoms with Crippen LogP contribution >= 0.6 is 0 Å². The summed E-state index contributed by atoms with van der Waals surface area (Å²) in [5, 5.41) is 3.33. The molecule has 5 nitrogen and oxygen atoms in total. The van der Waals surface area contributed by atoms with E-state index >= 15 is 0 Å². The third-order valence-electron chi connectivity index (χ3n) is 3.86. The quantitative estimate of drug-likeness (QED) is 0.703. The van der Waals surface area contributed by atoms with Crippen LogP contribution in [0.5, 0.6) is 0 Å². The number of carbonyl (C=O) groups is 1. The van der Waals surface area contributed by atoms with Crippen molar-refractivity contribution in [3.8, 4) is 0 Å². The zero-order valence-corrected chi connectivity index (χ0v) is 10.5. The number of primary amides is 1. The van der Waals surface area contributed by atoms with Crippen molar-refractivity contribution in [2.24, 2.45) is 11.7 Å². The number of hydrogen-bond acceptors (Lipinski definition) is 4. The Kier molecular flexibility index (Phi) is 4.36. The molecule has 2 rings (SSSR count). The minimum absolute atomic E-state index is 0.0164. The number of carbonyl (C=O) groups excluding carboxylic acids is 1. The van der Waals surface area contributed by atoms with Gasteiger partial charge in [0.2, 0.25) is 5.91 Å². The molecule has 17 heavy (non-hydrogen) atoms. The molecule has 2 fully saturated rings. The zero-order valence-electron chi connectivity index (χ0n) is 10.5. The topological polar surface area (TPSA) is 67.6 Å². The number of nitrogens with zero attached hydrogens (tertiary/aromatic N) is 1. The SMILES string of the molecule is CC1CCC(C(N)=O)CN1CC1CNCCO1. The lowest BCUT2D eigenvalue weighted by atomic mass is 9.92. The van der Waals surface area contributed by atoms with Crippen molar-refractivity contribution < 1.29 is 9.53 Å². The van der Waals surface area contributed by atoms with E-state index in [-0.39, 0.29) is 17.9 Å². The molecule has 3 unspecified atom stereocenters. The van der Waals surface area contributed by atoms with Gasteiger partial charge in [0.25, 0.3) is 0 Å². The van der Waals surface area contributed by atoms with Crippen LogP contribution in [0.4, 0.5) is 0 Å². The molecule has 0 spiro atoms. The average molecular weight is 241 g/mol. The first kappa shape index (κ1) is 12.8. The van der Waals surface area contributed by atoms with Gasteiger partial charge in [0, 0.05) is 32.2 Å². The Morgan fingerprint density at radius 1 is 1.53 bits per heavy atom. The third kappa shape index (κ3) is 3.40. The van der Waals surface area contributed by atoms with Crippen LogP contribution in [0, 0.1) is 5.92 Å². The first-order valence-corrected chi connectivity index (χ1v) is 6.52. The van der Waals surface area contributed by atoms with Crippen molar-refractivity contribution in [1.29, 1.82) is 0 Å². The van der Waals surface area contributed by atoms with Gasteiger partial charge in [0.05, 0.1) is 18.6 Å². The van der Waals surface area contributed by atoms with Crippen molar-refractivity contribution in [3.63, 3.8) is 0 Å². The Labute approximate surface area is 103 Å². The Morgan fingerprint density at radius 3 is 3.00 bits per heavy atom. The Balaban J connectivity index is 1.86. The number of hydrogen-bond donors (Lipinski definition) is 2. The van der Waals surface area contributed by atoms with Gasteiger partial charge in [0.1, 0.15) is 0 Å². The normalized spacial score (nSPS) is 35.7. The molecule has 2 heterocycles. The largest absolute Gasteiger partial charge is 0.374 e. The Morgan fingerprint density at radius 2 is 2.35 bits per heavy atom. The molecule has 1 amide bonds. The van der Waals surface area contributed by atoms with Crippen molar-refractivity contribution in [2.75, 3.05) is 32.8 Å². The molecule has 0 saturated carbocycles. The number of morpholine rings is 1. The maximum absolute atomic E-state index is 11.3. The van der Waals surface area contributed by atoms with E-state index in [9.17, 15) is 4.79 Å². The van der Waals surface area contributed by atoms with Crippen molar-refractivity contribution >= 4 is 5.91 Å². The van der Waals surface area contributed by atoms with Crippen molar-refractivity contribution in [3.05, 3.63) is 0 Å². The summed E-state index contributed by atoms with van der Waals surface area (Å²) in [7, 11) is 0. The summed E-state index contributed by atoms with van der Waals surface area (Å²) in [6.45, 7) is 6.54. The number of nitrogens with one attached hydrogen (secondary N) is 1. The van der Waals surface area contributed by atoms with E-state index < -0.39 is 0 Å². The van der Waals surface area contributed by atoms with Gasteiger partial charge in [-0.15, -0.1) is 0 Å². The van der Waals surface area contributed by atoms with Gasteiger partial charge in [-0.25, -0.2) is 0 Å². The van der Waals surface area contributed by atoms with Crippen LogP contribution in [0.2, 0.25) is 0 Å². The second-order valence-corrected chi connectivity index (χ2v) is 5.18. The van der Waals surface area contributed by atoms with Gasteiger partial charge >= 0.3 is 0 Å². The summed E-state index contributed by atoms with van der Waals surface area (Å²) in [6, 6.07) is 0.524. The molecule has 3 atom stereocenters. The average Bonchev–Trinajstić information content (AvgIpc) is 2.33. The number of likely N-dealkylation sites (tertiary alicyclic amines) is 1. The molecule has 0 bridgehead atoms. The Bertz CT molecular complexity index is 266. The molecular weight excluding hydrogens is 218 g/mol. The van der Waals surface area contributed by atoms with E-state index in [4.69, 9.17) is 10.5 Å². The molecule has 0 aromatic heterocycles. The van der Waals surface area contributed by atoms with Gasteiger partial charge in [0.15, 0.2) is 0 Å². The summed E-state index contributed by atoms with van der Waals surface area (Å²) < 4.78 is 5.70. The maximum Gasteiger partial charge on any atom is 0.221 e. The summed E-state index contributed by atoms with van der Waals surface area (Å²) in [6.07, 6.45) is 2.22. The number of piperidine rings is 1. The van der Waals surface area contributed by atoms with Crippen LogP contribution in [0.15, 0.2) is 0 Å². The fourth-order valence-electron chi connectivity index (χ4n) is 2.66. The lowest BCUT2D eigenvalue weighted by molar-refractivity contribution is -0.124. The van der Waals surface area contributed by atoms with Crippen LogP contribution in [0.3, 0.4) is 0 Å². The second-order valence-electron chi connectivity index (χ2n) is 5.18. The smallest absolute Gasteiger partial charge is 0.221 e. The predicted molar refractivity (Wildman–Crippen MR) is 65.6 cm³/mol. The van der Waals surface area contributed by atoms with Gasteiger partial charge < -0.3 is 15.8 Å². The third-order valence-corrected chi connectivity index (χ3v) is 3.86. The highest BCUT2D eigenvalue weighted by molar-refractivity contribution is 5.76. The highest BCUT2D eigenvalue weighted by Gasteiger charge is 2.30. The maximum atomic E-state index is 11.3. The summed E-state index contributed by atoms with van der Waals surface area (Å²) >= 11 is 0. The van der Waals surface area contributed by atoms with Crippen molar-refractivity contribution in [2.45, 2.75) is 31.9 Å². The lowest BCUT2D eigenvalue weighted by Gasteiger charge is -2.39. The summed E-state index contributed by atoms with van der Waals surface area (Å²) in [5.41, 5.74) is 5.40. The van der Waals surface area contributed by atoms with E-state index in [0.29, 0.717) is 6.04 Å². The highest BCUT2D eigenvalue weighted by Crippen LogP contribution is 2.22. The molecule has 98 valence electrons. The zero-order chi connectivity index (χ0) is 12.3. The molecule has 3 N–H and O–H groups in total. The first-order chi connectivity index (χ1) is 8.16. The van der Waals surface area contributed by atoms with E-state index in [1.807, 2.05) is 0 Å². The van der Waals surface area contributed by atoms with Crippen LogP contribution in [0.1, 0.15) is 19.8 Å². The Hall–Kier alpha value is -0.650. The first-order valence-electron chi connectivity index (χ1n) is 6.52. The molecule has 2 aliphatic heterocycles. The number of ether oxygens (including phenoxy) is 1. The highest BCUT2D eigenvalue weighted by atomic mass is 16.5. The van der Waals surface area contributed by atoms with Crippen LogP contribution in [-0.2, 0) is 9.53 Å². The predicted octanol–water partition coefficient (Wildman–Crippen LogP) is -0.439. The fraction of sp³-hybridized carbons (Fsp3) is 0.917. The van der Waals surface area contributed by atoms with E-state index in [1.165, 1.54) is 0 Å². The van der Waals surface area contributed by atoms with Crippen molar-refractivity contribution in [1.82, 2.24) is 10.2 Å². The fourth-order valence-corrected chi connectivity index (χ4v) is 2.66. The van der Waals surface area contributed by atoms with Gasteiger partial charge in [-0.2, -0.15) is 0 Å². The van der Waals surface area contributed by atoms with E-state index in [0.717, 1.165) is 45.6 Å². The van der Waals surface area contributed by atoms with Crippen LogP contribution in [0.25, 0.3) is 0 Å². The molecule has 5 heteroatoms. The summed E-state index contributed by atoms with van der Waals surface area (Å²) in [5.74, 6) is -0.146. The van der Waals surface area contributed by atoms with Crippen LogP contribution in [-0.4, -0.2) is 55.7 Å². The molecule has 2 aliphatic rings. The lowest BCUT2D eigenvalue weighted by Crippen LogP contribution is -2.52. The van der Waals surface area contributed by atoms with E-state index in [2.05, 4.69) is 17.1 Å². The second kappa shape index (κ2) is 5.80. The van der Waals surface area contributed by atoms with Gasteiger partial charge in [-0.05, 0) is 19.8 Å². The summed E-state index contributed by atoms with van der Waals surface area (Å²) in [4.78, 5) is 13.6. The van der Waals surface area contributed by atoms with Gasteiger partial charge in [-0.1, -0.05) is 0 Å².